The van der Waals surface area contributed by atoms with Crippen molar-refractivity contribution in [3.05, 3.63) is 42.3 Å². The molecule has 0 radical (unpaired) electrons. The van der Waals surface area contributed by atoms with Crippen LogP contribution in [0, 0.1) is 5.82 Å². The number of rotatable bonds is 7. The third-order valence-electron chi connectivity index (χ3n) is 5.05. The number of carbonyl (C=O) groups is 1. The van der Waals surface area contributed by atoms with Crippen molar-refractivity contribution >= 4 is 11.8 Å². The van der Waals surface area contributed by atoms with Crippen LogP contribution in [0.1, 0.15) is 0 Å². The first kappa shape index (κ1) is 21.7. The van der Waals surface area contributed by atoms with Gasteiger partial charge < -0.3 is 15.4 Å². The molecule has 11 nitrogen and oxygen atoms in total. The monoisotopic (exact) mass is 441 g/mol. The molecule has 12 heteroatoms. The van der Waals surface area contributed by atoms with Crippen LogP contribution < -0.4 is 16.4 Å². The summed E-state index contributed by atoms with van der Waals surface area (Å²) in [5, 5.41) is 12.4. The molecular formula is C20H24FN9O2. The number of likely N-dealkylation sites (N-methyl/N-ethyl adjacent to an activating group) is 1. The van der Waals surface area contributed by atoms with Crippen LogP contribution in [-0.2, 0) is 11.3 Å². The summed E-state index contributed by atoms with van der Waals surface area (Å²) in [5.74, 6) is -0.122. The summed E-state index contributed by atoms with van der Waals surface area (Å²) in [4.78, 5) is 21.2. The van der Waals surface area contributed by atoms with Crippen LogP contribution in [0.25, 0.3) is 22.6 Å². The second-order valence-electron chi connectivity index (χ2n) is 7.83. The maximum absolute atomic E-state index is 14.9. The van der Waals surface area contributed by atoms with E-state index >= 15 is 0 Å². The fraction of sp³-hybridized carbons (Fsp3) is 0.350. The van der Waals surface area contributed by atoms with Gasteiger partial charge in [0.05, 0.1) is 18.8 Å². The zero-order chi connectivity index (χ0) is 22.9. The number of nitrogens with two attached hydrogens (primary N) is 2. The highest BCUT2D eigenvalue weighted by atomic mass is 19.1. The van der Waals surface area contributed by atoms with Crippen LogP contribution >= 0.6 is 0 Å². The minimum atomic E-state index is -1.28. The number of halogens is 1. The van der Waals surface area contributed by atoms with E-state index in [1.807, 2.05) is 19.0 Å². The van der Waals surface area contributed by atoms with Gasteiger partial charge in [-0.05, 0) is 43.6 Å². The zero-order valence-electron chi connectivity index (χ0n) is 17.8. The molecule has 0 saturated carbocycles. The highest BCUT2D eigenvalue weighted by Gasteiger charge is 2.42. The van der Waals surface area contributed by atoms with Gasteiger partial charge in [0.15, 0.2) is 5.72 Å². The van der Waals surface area contributed by atoms with Crippen LogP contribution in [0.5, 0.6) is 0 Å². The molecule has 0 spiro atoms. The summed E-state index contributed by atoms with van der Waals surface area (Å²) in [6.07, 6.45) is 0.874. The molecule has 1 aromatic carbocycles. The topological polar surface area (TPSA) is 141 Å². The van der Waals surface area contributed by atoms with Gasteiger partial charge in [-0.3, -0.25) is 15.6 Å². The SMILES string of the molecule is CN(C)CCn1nnc(-c2ccc(-c3ccc(N4C[C@](N)(CN)OC4=O)cc3F)cn2)n1. The summed E-state index contributed by atoms with van der Waals surface area (Å²) in [6.45, 7) is 1.40. The lowest BCUT2D eigenvalue weighted by atomic mass is 10.1. The van der Waals surface area contributed by atoms with Gasteiger partial charge in [-0.15, -0.1) is 10.2 Å². The van der Waals surface area contributed by atoms with E-state index in [0.717, 1.165) is 6.54 Å². The van der Waals surface area contributed by atoms with Crippen LogP contribution in [0.4, 0.5) is 14.9 Å². The summed E-state index contributed by atoms with van der Waals surface area (Å²) in [6, 6.07) is 7.88. The molecule has 2 aromatic heterocycles. The van der Waals surface area contributed by atoms with Gasteiger partial charge in [-0.2, -0.15) is 4.80 Å². The molecule has 168 valence electrons. The average molecular weight is 441 g/mol. The summed E-state index contributed by atoms with van der Waals surface area (Å²) in [5.41, 5.74) is 11.9. The van der Waals surface area contributed by atoms with Gasteiger partial charge >= 0.3 is 6.09 Å². The van der Waals surface area contributed by atoms with Crippen molar-refractivity contribution < 1.29 is 13.9 Å². The molecule has 1 atom stereocenters. The predicted octanol–water partition coefficient (Wildman–Crippen LogP) is 0.673. The van der Waals surface area contributed by atoms with Gasteiger partial charge in [-0.1, -0.05) is 6.07 Å². The first-order chi connectivity index (χ1) is 15.3. The molecule has 0 aliphatic carbocycles. The van der Waals surface area contributed by atoms with Gasteiger partial charge in [0.1, 0.15) is 11.5 Å². The normalized spacial score (nSPS) is 18.4. The lowest BCUT2D eigenvalue weighted by Crippen LogP contribution is -2.50. The Bertz CT molecular complexity index is 1120. The number of nitrogens with zero attached hydrogens (tertiary/aromatic N) is 7. The summed E-state index contributed by atoms with van der Waals surface area (Å²) >= 11 is 0. The number of aromatic nitrogens is 5. The first-order valence-corrected chi connectivity index (χ1v) is 9.96. The first-order valence-electron chi connectivity index (χ1n) is 9.96. The Kier molecular flexibility index (Phi) is 5.82. The van der Waals surface area contributed by atoms with Gasteiger partial charge in [0.2, 0.25) is 5.82 Å². The molecule has 0 unspecified atom stereocenters. The smallest absolute Gasteiger partial charge is 0.416 e. The molecule has 1 saturated heterocycles. The maximum Gasteiger partial charge on any atom is 0.416 e. The Morgan fingerprint density at radius 3 is 2.72 bits per heavy atom. The second-order valence-corrected chi connectivity index (χ2v) is 7.83. The number of hydrogen-bond donors (Lipinski definition) is 2. The Hall–Kier alpha value is -3.48. The maximum atomic E-state index is 14.9. The molecule has 32 heavy (non-hydrogen) atoms. The zero-order valence-corrected chi connectivity index (χ0v) is 17.8. The summed E-state index contributed by atoms with van der Waals surface area (Å²) < 4.78 is 20.0. The van der Waals surface area contributed by atoms with Crippen LogP contribution in [0.3, 0.4) is 0 Å². The molecule has 3 aromatic rings. The third-order valence-corrected chi connectivity index (χ3v) is 5.05. The van der Waals surface area contributed by atoms with Crippen molar-refractivity contribution in [3.63, 3.8) is 0 Å². The Morgan fingerprint density at radius 2 is 2.09 bits per heavy atom. The second kappa shape index (κ2) is 8.57. The quantitative estimate of drug-likeness (QED) is 0.541. The van der Waals surface area contributed by atoms with Crippen molar-refractivity contribution in [2.75, 3.05) is 38.6 Å². The van der Waals surface area contributed by atoms with E-state index in [1.165, 1.54) is 22.0 Å². The lowest BCUT2D eigenvalue weighted by Gasteiger charge is -2.19. The van der Waals surface area contributed by atoms with Gasteiger partial charge in [0.25, 0.3) is 0 Å². The van der Waals surface area contributed by atoms with E-state index in [0.29, 0.717) is 34.9 Å². The number of anilines is 1. The highest BCUT2D eigenvalue weighted by molar-refractivity contribution is 5.90. The molecule has 4 N–H and O–H groups in total. The van der Waals surface area contributed by atoms with Crippen LogP contribution in [0.15, 0.2) is 36.5 Å². The molecular weight excluding hydrogens is 417 g/mol. The number of cyclic esters (lactones) is 1. The molecule has 4 rings (SSSR count). The number of benzene rings is 1. The predicted molar refractivity (Wildman–Crippen MR) is 115 cm³/mol. The Balaban J connectivity index is 1.51. The van der Waals surface area contributed by atoms with Crippen molar-refractivity contribution in [2.24, 2.45) is 11.5 Å². The minimum Gasteiger partial charge on any atom is -0.424 e. The summed E-state index contributed by atoms with van der Waals surface area (Å²) in [7, 11) is 3.93. The number of hydrogen-bond acceptors (Lipinski definition) is 9. The van der Waals surface area contributed by atoms with E-state index in [4.69, 9.17) is 16.2 Å². The number of tetrazole rings is 1. The molecule has 0 bridgehead atoms. The molecule has 1 fully saturated rings. The van der Waals surface area contributed by atoms with E-state index in [9.17, 15) is 9.18 Å². The van der Waals surface area contributed by atoms with Crippen LogP contribution in [0.2, 0.25) is 0 Å². The number of amides is 1. The average Bonchev–Trinajstić information content (AvgIpc) is 3.37. The van der Waals surface area contributed by atoms with Gasteiger partial charge in [-0.25, -0.2) is 9.18 Å². The fourth-order valence-corrected chi connectivity index (χ4v) is 3.22. The third kappa shape index (κ3) is 4.42. The number of pyridine rings is 1. The van der Waals surface area contributed by atoms with Crippen molar-refractivity contribution in [1.29, 1.82) is 0 Å². The van der Waals surface area contributed by atoms with Gasteiger partial charge in [0, 0.05) is 30.4 Å². The Morgan fingerprint density at radius 1 is 1.28 bits per heavy atom. The van der Waals surface area contributed by atoms with E-state index in [1.54, 1.807) is 24.3 Å². The van der Waals surface area contributed by atoms with Crippen molar-refractivity contribution in [1.82, 2.24) is 30.1 Å². The molecule has 1 aliphatic heterocycles. The van der Waals surface area contributed by atoms with E-state index in [-0.39, 0.29) is 13.1 Å². The standard InChI is InChI=1S/C20H24FN9O2/c1-28(2)7-8-30-26-18(25-27-30)17-6-3-13(10-24-17)15-5-4-14(9-16(15)21)29-12-20(23,11-22)32-19(29)31/h3-6,9-10H,7-8,11-12,22-23H2,1-2H3/t20-/m0/s1. The molecule has 1 aliphatic rings. The minimum absolute atomic E-state index is 0.0356. The van der Waals surface area contributed by atoms with E-state index < -0.39 is 17.6 Å². The van der Waals surface area contributed by atoms with E-state index in [2.05, 4.69) is 20.4 Å². The van der Waals surface area contributed by atoms with Crippen molar-refractivity contribution in [3.8, 4) is 22.6 Å². The van der Waals surface area contributed by atoms with Crippen LogP contribution in [-0.4, -0.2) is 75.6 Å². The molecule has 3 heterocycles. The lowest BCUT2D eigenvalue weighted by molar-refractivity contribution is 0.0692. The largest absolute Gasteiger partial charge is 0.424 e. The van der Waals surface area contributed by atoms with Crippen molar-refractivity contribution in [2.45, 2.75) is 12.3 Å². The number of ether oxygens (including phenoxy) is 1. The Labute approximate surface area is 183 Å². The fourth-order valence-electron chi connectivity index (χ4n) is 3.22. The highest BCUT2D eigenvalue weighted by Crippen LogP contribution is 2.30. The molecule has 1 amide bonds. The number of carbonyl (C=O) groups excluding carboxylic acids is 1.